The Kier molecular flexibility index (Phi) is 5.20. The second kappa shape index (κ2) is 7.98. The first-order valence-electron chi connectivity index (χ1n) is 8.92. The molecule has 7 nitrogen and oxygen atoms in total. The zero-order chi connectivity index (χ0) is 19.8. The first-order valence-corrected chi connectivity index (χ1v) is 12.7. The molecule has 0 bridgehead atoms. The van der Waals surface area contributed by atoms with Gasteiger partial charge in [0.05, 0.1) is 16.9 Å². The number of fused-ring (bicyclic) bond motifs is 1. The number of hydrogen-bond acceptors (Lipinski definition) is 9. The van der Waals surface area contributed by atoms with Gasteiger partial charge in [-0.2, -0.15) is 0 Å². The zero-order valence-corrected chi connectivity index (χ0v) is 18.3. The van der Waals surface area contributed by atoms with Crippen molar-refractivity contribution in [1.29, 1.82) is 0 Å². The summed E-state index contributed by atoms with van der Waals surface area (Å²) in [5.41, 5.74) is 0.788. The van der Waals surface area contributed by atoms with Crippen molar-refractivity contribution >= 4 is 67.0 Å². The van der Waals surface area contributed by atoms with Crippen LogP contribution in [0.4, 0.5) is 5.13 Å². The van der Waals surface area contributed by atoms with E-state index in [1.54, 1.807) is 11.3 Å². The Morgan fingerprint density at radius 3 is 3.00 bits per heavy atom. The third-order valence-electron chi connectivity index (χ3n) is 4.37. The number of hydrogen-bond donors (Lipinski definition) is 2. The first-order chi connectivity index (χ1) is 14.2. The highest BCUT2D eigenvalue weighted by Crippen LogP contribution is 2.42. The fourth-order valence-corrected chi connectivity index (χ4v) is 6.25. The van der Waals surface area contributed by atoms with Crippen LogP contribution in [0.3, 0.4) is 0 Å². The minimum atomic E-state index is -0.138. The van der Waals surface area contributed by atoms with Crippen molar-refractivity contribution in [1.82, 2.24) is 20.2 Å². The molecule has 0 atom stereocenters. The number of anilines is 1. The molecule has 11 heteroatoms. The third-order valence-corrected chi connectivity index (χ3v) is 8.09. The standard InChI is InChI=1S/C18H15N5O2S4/c24-13(21-18-23-22-16(29-18)9-3-4-9)8-26-7-12-19-15(25)14-10(6-28-17(14)20-12)11-2-1-5-27-11/h1-2,5-6,9H,3-4,7-8H2,(H,19,20,25)(H,21,23,24). The van der Waals surface area contributed by atoms with Crippen LogP contribution in [0.2, 0.25) is 0 Å². The summed E-state index contributed by atoms with van der Waals surface area (Å²) in [5.74, 6) is 1.68. The molecule has 0 aliphatic heterocycles. The summed E-state index contributed by atoms with van der Waals surface area (Å²) in [6.45, 7) is 0. The Balaban J connectivity index is 1.21. The van der Waals surface area contributed by atoms with Crippen LogP contribution in [0.1, 0.15) is 29.6 Å². The number of carbonyl (C=O) groups excluding carboxylic acids is 1. The van der Waals surface area contributed by atoms with Crippen molar-refractivity contribution in [2.24, 2.45) is 0 Å². The smallest absolute Gasteiger partial charge is 0.260 e. The summed E-state index contributed by atoms with van der Waals surface area (Å²) < 4.78 is 0. The molecule has 0 saturated heterocycles. The van der Waals surface area contributed by atoms with E-state index in [1.165, 1.54) is 34.4 Å². The molecule has 0 aromatic carbocycles. The van der Waals surface area contributed by atoms with E-state index in [9.17, 15) is 9.59 Å². The maximum Gasteiger partial charge on any atom is 0.260 e. The van der Waals surface area contributed by atoms with Crippen LogP contribution in [0.15, 0.2) is 27.7 Å². The molecular weight excluding hydrogens is 446 g/mol. The maximum absolute atomic E-state index is 12.6. The minimum Gasteiger partial charge on any atom is -0.309 e. The number of carbonyl (C=O) groups is 1. The molecule has 1 fully saturated rings. The Labute approximate surface area is 181 Å². The van der Waals surface area contributed by atoms with Crippen molar-refractivity contribution < 1.29 is 4.79 Å². The maximum atomic E-state index is 12.6. The summed E-state index contributed by atoms with van der Waals surface area (Å²) in [6.07, 6.45) is 2.32. The Hall–Kier alpha value is -2.08. The van der Waals surface area contributed by atoms with E-state index in [2.05, 4.69) is 25.5 Å². The SMILES string of the molecule is O=C(CSCc1nc2scc(-c3cccs3)c2c(=O)[nH]1)Nc1nnc(C2CC2)s1. The van der Waals surface area contributed by atoms with E-state index in [1.807, 2.05) is 22.9 Å². The quantitative estimate of drug-likeness (QED) is 0.425. The van der Waals surface area contributed by atoms with Crippen LogP contribution in [0.25, 0.3) is 20.7 Å². The number of nitrogens with one attached hydrogen (secondary N) is 2. The van der Waals surface area contributed by atoms with E-state index < -0.39 is 0 Å². The lowest BCUT2D eigenvalue weighted by atomic mass is 10.2. The largest absolute Gasteiger partial charge is 0.309 e. The summed E-state index contributed by atoms with van der Waals surface area (Å²) in [5, 5.41) is 17.1. The summed E-state index contributed by atoms with van der Waals surface area (Å²) >= 11 is 5.91. The average Bonchev–Trinajstić information content (AvgIpc) is 3.10. The number of aromatic nitrogens is 4. The molecule has 1 saturated carbocycles. The molecule has 5 rings (SSSR count). The highest BCUT2D eigenvalue weighted by atomic mass is 32.2. The molecule has 4 aromatic heterocycles. The lowest BCUT2D eigenvalue weighted by molar-refractivity contribution is -0.113. The highest BCUT2D eigenvalue weighted by Gasteiger charge is 2.27. The molecule has 1 amide bonds. The van der Waals surface area contributed by atoms with Crippen molar-refractivity contribution in [3.63, 3.8) is 0 Å². The number of H-pyrrole nitrogens is 1. The van der Waals surface area contributed by atoms with Crippen LogP contribution in [-0.2, 0) is 10.5 Å². The highest BCUT2D eigenvalue weighted by molar-refractivity contribution is 7.99. The van der Waals surface area contributed by atoms with Gasteiger partial charge >= 0.3 is 0 Å². The fraction of sp³-hybridized carbons (Fsp3) is 0.278. The van der Waals surface area contributed by atoms with E-state index in [0.717, 1.165) is 33.1 Å². The van der Waals surface area contributed by atoms with Crippen LogP contribution < -0.4 is 10.9 Å². The van der Waals surface area contributed by atoms with E-state index in [-0.39, 0.29) is 17.2 Å². The Bertz CT molecular complexity index is 1220. The molecule has 0 radical (unpaired) electrons. The van der Waals surface area contributed by atoms with Gasteiger partial charge in [-0.15, -0.1) is 44.6 Å². The van der Waals surface area contributed by atoms with Gasteiger partial charge < -0.3 is 4.98 Å². The monoisotopic (exact) mass is 461 g/mol. The lowest BCUT2D eigenvalue weighted by Crippen LogP contribution is -2.15. The van der Waals surface area contributed by atoms with Gasteiger partial charge in [-0.3, -0.25) is 14.9 Å². The molecule has 0 spiro atoms. The van der Waals surface area contributed by atoms with Crippen LogP contribution in [0.5, 0.6) is 0 Å². The minimum absolute atomic E-state index is 0.131. The van der Waals surface area contributed by atoms with Gasteiger partial charge in [-0.05, 0) is 24.3 Å². The molecule has 4 aromatic rings. The van der Waals surface area contributed by atoms with Gasteiger partial charge in [0, 0.05) is 21.7 Å². The number of nitrogens with zero attached hydrogens (tertiary/aromatic N) is 3. The van der Waals surface area contributed by atoms with Crippen LogP contribution in [0, 0.1) is 0 Å². The second-order valence-corrected chi connectivity index (χ2v) is 10.4. The van der Waals surface area contributed by atoms with Crippen LogP contribution >= 0.6 is 45.8 Å². The molecule has 1 aliphatic carbocycles. The van der Waals surface area contributed by atoms with Crippen LogP contribution in [-0.4, -0.2) is 31.8 Å². The molecular formula is C18H15N5O2S4. The summed E-state index contributed by atoms with van der Waals surface area (Å²) in [7, 11) is 0. The molecule has 4 heterocycles. The lowest BCUT2D eigenvalue weighted by Gasteiger charge is -2.02. The van der Waals surface area contributed by atoms with Crippen molar-refractivity contribution in [3.05, 3.63) is 44.1 Å². The van der Waals surface area contributed by atoms with E-state index in [4.69, 9.17) is 0 Å². The zero-order valence-electron chi connectivity index (χ0n) is 15.0. The average molecular weight is 462 g/mol. The predicted octanol–water partition coefficient (Wildman–Crippen LogP) is 4.31. The van der Waals surface area contributed by atoms with Crippen molar-refractivity contribution in [2.75, 3.05) is 11.1 Å². The number of aromatic amines is 1. The van der Waals surface area contributed by atoms with Gasteiger partial charge in [-0.1, -0.05) is 17.4 Å². The Morgan fingerprint density at radius 1 is 1.31 bits per heavy atom. The van der Waals surface area contributed by atoms with E-state index in [0.29, 0.717) is 28.0 Å². The molecule has 148 valence electrons. The first kappa shape index (κ1) is 18.9. The third kappa shape index (κ3) is 4.13. The normalized spacial score (nSPS) is 13.8. The predicted molar refractivity (Wildman–Crippen MR) is 120 cm³/mol. The number of thioether (sulfide) groups is 1. The van der Waals surface area contributed by atoms with Gasteiger partial charge in [0.1, 0.15) is 15.7 Å². The van der Waals surface area contributed by atoms with Gasteiger partial charge in [0.2, 0.25) is 11.0 Å². The summed E-state index contributed by atoms with van der Waals surface area (Å²) in [4.78, 5) is 33.9. The second-order valence-electron chi connectivity index (χ2n) is 6.58. The summed E-state index contributed by atoms with van der Waals surface area (Å²) in [6, 6.07) is 3.97. The van der Waals surface area contributed by atoms with Gasteiger partial charge in [-0.25, -0.2) is 4.98 Å². The van der Waals surface area contributed by atoms with Crippen molar-refractivity contribution in [2.45, 2.75) is 24.5 Å². The Morgan fingerprint density at radius 2 is 2.21 bits per heavy atom. The fourth-order valence-electron chi connectivity index (χ4n) is 2.85. The molecule has 2 N–H and O–H groups in total. The molecule has 0 unspecified atom stereocenters. The number of amides is 1. The number of thiophene rings is 2. The van der Waals surface area contributed by atoms with Gasteiger partial charge in [0.25, 0.3) is 5.56 Å². The molecule has 29 heavy (non-hydrogen) atoms. The van der Waals surface area contributed by atoms with Gasteiger partial charge in [0.15, 0.2) is 0 Å². The topological polar surface area (TPSA) is 101 Å². The molecule has 1 aliphatic rings. The van der Waals surface area contributed by atoms with Crippen molar-refractivity contribution in [3.8, 4) is 10.4 Å². The van der Waals surface area contributed by atoms with E-state index >= 15 is 0 Å². The number of rotatable bonds is 7.